The molecule has 3 unspecified atom stereocenters. The van der Waals surface area contributed by atoms with Crippen molar-refractivity contribution in [1.82, 2.24) is 5.32 Å². The summed E-state index contributed by atoms with van der Waals surface area (Å²) < 4.78 is 14.3. The third-order valence-corrected chi connectivity index (χ3v) is 5.56. The Morgan fingerprint density at radius 1 is 1.35 bits per heavy atom. The monoisotopic (exact) mass is 341 g/mol. The molecule has 112 valence electrons. The van der Waals surface area contributed by atoms with Crippen molar-refractivity contribution < 1.29 is 4.39 Å². The molecule has 0 bridgehead atoms. The van der Waals surface area contributed by atoms with Crippen molar-refractivity contribution >= 4 is 15.9 Å². The molecule has 3 atom stereocenters. The topological polar surface area (TPSA) is 12.0 Å². The second-order valence-corrected chi connectivity index (χ2v) is 6.83. The minimum absolute atomic E-state index is 0.149. The number of halogens is 2. The number of rotatable bonds is 5. The van der Waals surface area contributed by atoms with Crippen LogP contribution in [0.2, 0.25) is 0 Å². The zero-order chi connectivity index (χ0) is 14.5. The maximum Gasteiger partial charge on any atom is 0.137 e. The summed E-state index contributed by atoms with van der Waals surface area (Å²) >= 11 is 3.40. The van der Waals surface area contributed by atoms with Crippen LogP contribution in [0.4, 0.5) is 4.39 Å². The van der Waals surface area contributed by atoms with Gasteiger partial charge in [0.05, 0.1) is 4.47 Å². The Balaban J connectivity index is 2.09. The molecule has 1 nitrogen and oxygen atoms in total. The first-order chi connectivity index (χ1) is 9.65. The predicted octanol–water partition coefficient (Wildman–Crippen LogP) is 4.94. The second kappa shape index (κ2) is 7.56. The van der Waals surface area contributed by atoms with E-state index in [0.717, 1.165) is 17.9 Å². The average Bonchev–Trinajstić information content (AvgIpc) is 2.45. The van der Waals surface area contributed by atoms with E-state index in [4.69, 9.17) is 0 Å². The van der Waals surface area contributed by atoms with Gasteiger partial charge in [-0.3, -0.25) is 0 Å². The molecule has 1 aromatic carbocycles. The molecule has 0 amide bonds. The van der Waals surface area contributed by atoms with Gasteiger partial charge in [-0.05, 0) is 72.1 Å². The lowest BCUT2D eigenvalue weighted by Crippen LogP contribution is -2.39. The average molecular weight is 342 g/mol. The van der Waals surface area contributed by atoms with Gasteiger partial charge in [-0.15, -0.1) is 0 Å². The van der Waals surface area contributed by atoms with E-state index < -0.39 is 0 Å². The predicted molar refractivity (Wildman–Crippen MR) is 86.4 cm³/mol. The van der Waals surface area contributed by atoms with Gasteiger partial charge in [0.25, 0.3) is 0 Å². The molecule has 3 heteroatoms. The van der Waals surface area contributed by atoms with Gasteiger partial charge in [-0.25, -0.2) is 4.39 Å². The highest BCUT2D eigenvalue weighted by molar-refractivity contribution is 9.10. The highest BCUT2D eigenvalue weighted by Crippen LogP contribution is 2.35. The first-order valence-electron chi connectivity index (χ1n) is 7.75. The standard InChI is InChI=1S/C17H25BrFN/c1-3-5-12-8-9-16(20-2)14(10-12)11-13-6-4-7-15(19)17(13)18/h4,6-7,12,14,16,20H,3,5,8-11H2,1-2H3. The summed E-state index contributed by atoms with van der Waals surface area (Å²) in [5, 5.41) is 3.46. The van der Waals surface area contributed by atoms with E-state index in [1.807, 2.05) is 12.1 Å². The number of hydrogen-bond donors (Lipinski definition) is 1. The summed E-state index contributed by atoms with van der Waals surface area (Å²) in [6.07, 6.45) is 7.41. The molecule has 0 radical (unpaired) electrons. The van der Waals surface area contributed by atoms with Gasteiger partial charge < -0.3 is 5.32 Å². The smallest absolute Gasteiger partial charge is 0.137 e. The van der Waals surface area contributed by atoms with E-state index in [1.54, 1.807) is 0 Å². The SMILES string of the molecule is CCCC1CCC(NC)C(Cc2cccc(F)c2Br)C1. The van der Waals surface area contributed by atoms with Crippen LogP contribution in [0.1, 0.15) is 44.6 Å². The lowest BCUT2D eigenvalue weighted by Gasteiger charge is -2.36. The van der Waals surface area contributed by atoms with Gasteiger partial charge in [0, 0.05) is 6.04 Å². The van der Waals surface area contributed by atoms with E-state index in [1.165, 1.54) is 38.2 Å². The summed E-state index contributed by atoms with van der Waals surface area (Å²) in [4.78, 5) is 0. The third-order valence-electron chi connectivity index (χ3n) is 4.67. The lowest BCUT2D eigenvalue weighted by atomic mass is 9.74. The van der Waals surface area contributed by atoms with E-state index in [9.17, 15) is 4.39 Å². The van der Waals surface area contributed by atoms with Gasteiger partial charge in [-0.2, -0.15) is 0 Å². The Kier molecular flexibility index (Phi) is 6.03. The Morgan fingerprint density at radius 2 is 2.15 bits per heavy atom. The van der Waals surface area contributed by atoms with Gasteiger partial charge >= 0.3 is 0 Å². The van der Waals surface area contributed by atoms with Crippen LogP contribution in [-0.4, -0.2) is 13.1 Å². The number of benzene rings is 1. The van der Waals surface area contributed by atoms with Gasteiger partial charge in [0.15, 0.2) is 0 Å². The lowest BCUT2D eigenvalue weighted by molar-refractivity contribution is 0.200. The van der Waals surface area contributed by atoms with Crippen LogP contribution in [0.15, 0.2) is 22.7 Å². The van der Waals surface area contributed by atoms with E-state index in [2.05, 4.69) is 35.2 Å². The normalized spacial score (nSPS) is 26.7. The summed E-state index contributed by atoms with van der Waals surface area (Å²) in [5.41, 5.74) is 1.10. The zero-order valence-corrected chi connectivity index (χ0v) is 14.0. The third kappa shape index (κ3) is 3.82. The van der Waals surface area contributed by atoms with E-state index in [0.29, 0.717) is 16.4 Å². The molecule has 1 saturated carbocycles. The quantitative estimate of drug-likeness (QED) is 0.800. The van der Waals surface area contributed by atoms with Gasteiger partial charge in [0.1, 0.15) is 5.82 Å². The highest BCUT2D eigenvalue weighted by Gasteiger charge is 2.29. The summed E-state index contributed by atoms with van der Waals surface area (Å²) in [6, 6.07) is 5.95. The molecule has 0 heterocycles. The fourth-order valence-electron chi connectivity index (χ4n) is 3.63. The molecule has 0 aromatic heterocycles. The summed E-state index contributed by atoms with van der Waals surface area (Å²) in [7, 11) is 2.05. The van der Waals surface area contributed by atoms with Crippen molar-refractivity contribution in [2.24, 2.45) is 11.8 Å². The van der Waals surface area contributed by atoms with Crippen LogP contribution in [0, 0.1) is 17.7 Å². The Labute approximate surface area is 130 Å². The van der Waals surface area contributed by atoms with E-state index in [-0.39, 0.29) is 5.82 Å². The molecular formula is C17H25BrFN. The Bertz CT molecular complexity index is 435. The fraction of sp³-hybridized carbons (Fsp3) is 0.647. The molecule has 0 spiro atoms. The van der Waals surface area contributed by atoms with Crippen LogP contribution in [0.25, 0.3) is 0 Å². The molecule has 1 aliphatic carbocycles. The van der Waals surface area contributed by atoms with E-state index >= 15 is 0 Å². The van der Waals surface area contributed by atoms with Crippen molar-refractivity contribution in [1.29, 1.82) is 0 Å². The van der Waals surface area contributed by atoms with Crippen molar-refractivity contribution in [3.63, 3.8) is 0 Å². The van der Waals surface area contributed by atoms with Crippen molar-refractivity contribution in [2.45, 2.75) is 51.5 Å². The Morgan fingerprint density at radius 3 is 2.85 bits per heavy atom. The van der Waals surface area contributed by atoms with Crippen molar-refractivity contribution in [2.75, 3.05) is 7.05 Å². The molecule has 20 heavy (non-hydrogen) atoms. The van der Waals surface area contributed by atoms with Crippen LogP contribution >= 0.6 is 15.9 Å². The summed E-state index contributed by atoms with van der Waals surface area (Å²) in [5.74, 6) is 1.31. The maximum atomic E-state index is 13.6. The fourth-order valence-corrected chi connectivity index (χ4v) is 4.05. The van der Waals surface area contributed by atoms with Crippen molar-refractivity contribution in [3.8, 4) is 0 Å². The molecule has 1 aromatic rings. The first kappa shape index (κ1) is 16.0. The second-order valence-electron chi connectivity index (χ2n) is 6.04. The molecule has 0 saturated heterocycles. The maximum absolute atomic E-state index is 13.6. The molecule has 2 rings (SSSR count). The van der Waals surface area contributed by atoms with Crippen molar-refractivity contribution in [3.05, 3.63) is 34.1 Å². The number of nitrogens with one attached hydrogen (secondary N) is 1. The highest BCUT2D eigenvalue weighted by atomic mass is 79.9. The molecule has 0 aliphatic heterocycles. The van der Waals surface area contributed by atoms with Gasteiger partial charge in [0.2, 0.25) is 0 Å². The minimum Gasteiger partial charge on any atom is -0.317 e. The van der Waals surface area contributed by atoms with Crippen LogP contribution in [0.5, 0.6) is 0 Å². The summed E-state index contributed by atoms with van der Waals surface area (Å²) in [6.45, 7) is 2.27. The van der Waals surface area contributed by atoms with Crippen LogP contribution in [-0.2, 0) is 6.42 Å². The zero-order valence-electron chi connectivity index (χ0n) is 12.5. The Hall–Kier alpha value is -0.410. The molecular weight excluding hydrogens is 317 g/mol. The molecule has 1 N–H and O–H groups in total. The number of hydrogen-bond acceptors (Lipinski definition) is 1. The molecule has 1 aliphatic rings. The van der Waals surface area contributed by atoms with Crippen LogP contribution in [0.3, 0.4) is 0 Å². The largest absolute Gasteiger partial charge is 0.317 e. The van der Waals surface area contributed by atoms with Gasteiger partial charge in [-0.1, -0.05) is 31.9 Å². The minimum atomic E-state index is -0.149. The molecule has 1 fully saturated rings. The van der Waals surface area contributed by atoms with Crippen LogP contribution < -0.4 is 5.32 Å². The first-order valence-corrected chi connectivity index (χ1v) is 8.55.